The van der Waals surface area contributed by atoms with E-state index in [1.165, 1.54) is 6.07 Å². The second-order valence-corrected chi connectivity index (χ2v) is 4.65. The number of nitrogens with zero attached hydrogens (tertiary/aromatic N) is 6. The summed E-state index contributed by atoms with van der Waals surface area (Å²) in [6.07, 6.45) is 0. The Balaban J connectivity index is 1.85. The van der Waals surface area contributed by atoms with Crippen molar-refractivity contribution in [1.82, 2.24) is 31.2 Å². The summed E-state index contributed by atoms with van der Waals surface area (Å²) in [7, 11) is 0. The van der Waals surface area contributed by atoms with E-state index in [-0.39, 0.29) is 23.2 Å². The van der Waals surface area contributed by atoms with Crippen LogP contribution in [0.5, 0.6) is 5.75 Å². The second kappa shape index (κ2) is 6.45. The molecular weight excluding hydrogens is 320 g/mol. The summed E-state index contributed by atoms with van der Waals surface area (Å²) in [5, 5.41) is 40.5. The molecule has 1 aromatic heterocycles. The molecule has 13 nitrogen and oxygen atoms in total. The van der Waals surface area contributed by atoms with Gasteiger partial charge in [-0.3, -0.25) is 5.32 Å². The molecule has 0 bridgehead atoms. The fourth-order valence-electron chi connectivity index (χ4n) is 1.90. The van der Waals surface area contributed by atoms with Crippen LogP contribution in [0.15, 0.2) is 29.4 Å². The molecule has 1 aromatic carbocycles. The minimum Gasteiger partial charge on any atom is -0.506 e. The summed E-state index contributed by atoms with van der Waals surface area (Å²) in [5.41, 5.74) is 8.70. The van der Waals surface area contributed by atoms with Crippen molar-refractivity contribution < 1.29 is 15.0 Å². The van der Waals surface area contributed by atoms with Gasteiger partial charge in [-0.1, -0.05) is 17.2 Å². The molecule has 0 saturated carbocycles. The Morgan fingerprint density at radius 1 is 1.42 bits per heavy atom. The third-order valence-electron chi connectivity index (χ3n) is 3.03. The van der Waals surface area contributed by atoms with Crippen LogP contribution >= 0.6 is 0 Å². The number of aliphatic hydroxyl groups excluding tert-OH is 1. The van der Waals surface area contributed by atoms with Gasteiger partial charge in [0, 0.05) is 0 Å². The van der Waals surface area contributed by atoms with Gasteiger partial charge in [0.2, 0.25) is 0 Å². The third kappa shape index (κ3) is 2.94. The zero-order chi connectivity index (χ0) is 17.1. The maximum Gasteiger partial charge on any atom is 0.346 e. The van der Waals surface area contributed by atoms with Gasteiger partial charge >= 0.3 is 6.03 Å². The van der Waals surface area contributed by atoms with E-state index in [4.69, 9.17) is 5.73 Å². The van der Waals surface area contributed by atoms with Crippen LogP contribution in [-0.4, -0.2) is 60.4 Å². The van der Waals surface area contributed by atoms with Crippen LogP contribution in [0.25, 0.3) is 0 Å². The average Bonchev–Trinajstić information content (AvgIpc) is 3.24. The lowest BCUT2D eigenvalue weighted by Gasteiger charge is -2.21. The number of aromatic nitrogens is 4. The number of nitrogens with one attached hydrogen (secondary N) is 3. The van der Waals surface area contributed by atoms with Crippen molar-refractivity contribution in [3.8, 4) is 5.75 Å². The summed E-state index contributed by atoms with van der Waals surface area (Å²) in [6.45, 7) is -0.443. The van der Waals surface area contributed by atoms with Crippen LogP contribution in [0, 0.1) is 0 Å². The standard InChI is InChI=1S/C11H14N10O3/c12-6(5-22)9-16-21(7-3-1-2-4-8(7)23)19-20(9)11(24)13-10-14-17-18-15-10/h1-4,6,19,22-23H,5,12H2,(H2,13,14,15,17,18,24). The number of phenolic OH excluding ortho intramolecular Hbond substituents is 1. The third-order valence-corrected chi connectivity index (χ3v) is 3.03. The fraction of sp³-hybridized carbons (Fsp3) is 0.182. The van der Waals surface area contributed by atoms with Crippen molar-refractivity contribution in [2.45, 2.75) is 6.04 Å². The quantitative estimate of drug-likeness (QED) is 0.380. The van der Waals surface area contributed by atoms with Crippen LogP contribution in [0.3, 0.4) is 0 Å². The first-order chi connectivity index (χ1) is 11.6. The lowest BCUT2D eigenvalue weighted by molar-refractivity contribution is 0.218. The number of hydrazone groups is 1. The molecular formula is C11H14N10O3. The number of H-pyrrole nitrogens is 1. The van der Waals surface area contributed by atoms with Gasteiger partial charge in [-0.25, -0.2) is 4.79 Å². The molecule has 24 heavy (non-hydrogen) atoms. The predicted octanol–water partition coefficient (Wildman–Crippen LogP) is -1.69. The number of phenols is 1. The molecule has 13 heteroatoms. The zero-order valence-electron chi connectivity index (χ0n) is 12.2. The Morgan fingerprint density at radius 3 is 2.88 bits per heavy atom. The van der Waals surface area contributed by atoms with Crippen LogP contribution in [0.4, 0.5) is 16.4 Å². The highest BCUT2D eigenvalue weighted by Gasteiger charge is 2.34. The van der Waals surface area contributed by atoms with Gasteiger partial charge < -0.3 is 15.9 Å². The number of amides is 2. The highest BCUT2D eigenvalue weighted by Crippen LogP contribution is 2.27. The molecule has 126 valence electrons. The van der Waals surface area contributed by atoms with Crippen molar-refractivity contribution >= 4 is 23.5 Å². The molecule has 2 aromatic rings. The summed E-state index contributed by atoms with van der Waals surface area (Å²) in [6, 6.07) is 4.70. The molecule has 2 amide bonds. The number of rotatable bonds is 4. The Hall–Kier alpha value is -3.29. The number of urea groups is 1. The Bertz CT molecular complexity index is 748. The van der Waals surface area contributed by atoms with Gasteiger partial charge in [0.1, 0.15) is 11.4 Å². The number of benzene rings is 1. The van der Waals surface area contributed by atoms with Crippen molar-refractivity contribution in [3.63, 3.8) is 0 Å². The predicted molar refractivity (Wildman–Crippen MR) is 81.3 cm³/mol. The first kappa shape index (κ1) is 15.6. The molecule has 7 N–H and O–H groups in total. The molecule has 2 heterocycles. The highest BCUT2D eigenvalue weighted by molar-refractivity contribution is 6.05. The first-order valence-electron chi connectivity index (χ1n) is 6.74. The number of carbonyl (C=O) groups excluding carboxylic acids is 1. The average molecular weight is 334 g/mol. The minimum atomic E-state index is -0.940. The lowest BCUT2D eigenvalue weighted by Crippen LogP contribution is -2.54. The summed E-state index contributed by atoms with van der Waals surface area (Å²) in [5.74, 6) is -0.0902. The van der Waals surface area contributed by atoms with Crippen LogP contribution in [0.2, 0.25) is 0 Å². The van der Waals surface area contributed by atoms with Gasteiger partial charge in [-0.2, -0.15) is 15.3 Å². The van der Waals surface area contributed by atoms with Gasteiger partial charge in [0.25, 0.3) is 5.95 Å². The van der Waals surface area contributed by atoms with Gasteiger partial charge in [0.05, 0.1) is 12.6 Å². The number of amidine groups is 1. The number of hydrogen-bond acceptors (Lipinski definition) is 10. The molecule has 0 fully saturated rings. The maximum atomic E-state index is 12.3. The van der Waals surface area contributed by atoms with E-state index in [1.54, 1.807) is 18.2 Å². The van der Waals surface area contributed by atoms with Gasteiger partial charge in [0.15, 0.2) is 5.84 Å². The highest BCUT2D eigenvalue weighted by atomic mass is 16.3. The lowest BCUT2D eigenvalue weighted by atomic mass is 10.3. The topological polar surface area (TPSA) is 181 Å². The number of nitrogens with two attached hydrogens (primary N) is 1. The first-order valence-corrected chi connectivity index (χ1v) is 6.74. The molecule has 0 radical (unpaired) electrons. The second-order valence-electron chi connectivity index (χ2n) is 4.65. The molecule has 1 atom stereocenters. The van der Waals surface area contributed by atoms with Gasteiger partial charge in [-0.05, 0) is 17.3 Å². The molecule has 0 aliphatic carbocycles. The largest absolute Gasteiger partial charge is 0.506 e. The van der Waals surface area contributed by atoms with E-state index < -0.39 is 18.7 Å². The number of hydrogen-bond donors (Lipinski definition) is 6. The van der Waals surface area contributed by atoms with Crippen molar-refractivity contribution in [1.29, 1.82) is 0 Å². The zero-order valence-corrected chi connectivity index (χ0v) is 12.2. The summed E-state index contributed by atoms with van der Waals surface area (Å²) >= 11 is 0. The van der Waals surface area contributed by atoms with Crippen LogP contribution in [-0.2, 0) is 0 Å². The summed E-state index contributed by atoms with van der Waals surface area (Å²) in [4.78, 5) is 12.3. The molecule has 1 unspecified atom stereocenters. The SMILES string of the molecule is NC(CO)C1=NN(c2ccccc2O)NN1C(=O)Nc1nn[nH]n1. The number of para-hydroxylation sites is 2. The Kier molecular flexibility index (Phi) is 4.19. The number of hydrazine groups is 2. The monoisotopic (exact) mass is 334 g/mol. The molecule has 0 saturated heterocycles. The molecule has 0 spiro atoms. The molecule has 1 aliphatic heterocycles. The smallest absolute Gasteiger partial charge is 0.346 e. The van der Waals surface area contributed by atoms with E-state index in [0.717, 1.165) is 10.1 Å². The number of aromatic hydroxyl groups is 1. The maximum absolute atomic E-state index is 12.3. The van der Waals surface area contributed by atoms with E-state index in [1.807, 2.05) is 0 Å². The van der Waals surface area contributed by atoms with Crippen LogP contribution in [0.1, 0.15) is 0 Å². The van der Waals surface area contributed by atoms with E-state index >= 15 is 0 Å². The Labute approximate surface area is 134 Å². The minimum absolute atomic E-state index is 0.0294. The number of tetrazole rings is 1. The van der Waals surface area contributed by atoms with Gasteiger partial charge in [-0.15, -0.1) is 15.7 Å². The van der Waals surface area contributed by atoms with Crippen molar-refractivity contribution in [2.75, 3.05) is 17.0 Å². The van der Waals surface area contributed by atoms with E-state index in [9.17, 15) is 15.0 Å². The Morgan fingerprint density at radius 2 is 2.21 bits per heavy atom. The normalized spacial score (nSPS) is 15.3. The summed E-state index contributed by atoms with van der Waals surface area (Å²) < 4.78 is 0. The van der Waals surface area contributed by atoms with E-state index in [2.05, 4.69) is 36.6 Å². The van der Waals surface area contributed by atoms with Crippen molar-refractivity contribution in [2.24, 2.45) is 10.8 Å². The van der Waals surface area contributed by atoms with E-state index in [0.29, 0.717) is 0 Å². The van der Waals surface area contributed by atoms with Crippen LogP contribution < -0.4 is 21.7 Å². The number of anilines is 2. The van der Waals surface area contributed by atoms with Crippen molar-refractivity contribution in [3.05, 3.63) is 24.3 Å². The fourth-order valence-corrected chi connectivity index (χ4v) is 1.90. The molecule has 3 rings (SSSR count). The number of aliphatic hydroxyl groups is 1. The number of aromatic amines is 1. The number of carbonyl (C=O) groups is 1. The molecule has 1 aliphatic rings.